The van der Waals surface area contributed by atoms with Crippen molar-refractivity contribution < 1.29 is 38.5 Å². The minimum absolute atomic E-state index is 0.0215. The molecule has 0 bridgehead atoms. The number of halogens is 2. The first-order chi connectivity index (χ1) is 15.2. The van der Waals surface area contributed by atoms with Gasteiger partial charge < -0.3 is 24.6 Å². The number of ketones is 1. The number of rotatable bonds is 5. The molecule has 1 saturated heterocycles. The van der Waals surface area contributed by atoms with E-state index in [-0.39, 0.29) is 46.4 Å². The predicted molar refractivity (Wildman–Crippen MR) is 110 cm³/mol. The molecule has 0 aliphatic carbocycles. The number of aliphatic carboxylic acids is 1. The first-order valence-corrected chi connectivity index (χ1v) is 9.98. The molecule has 2 atom stereocenters. The number of ether oxygens (including phenoxy) is 2. The number of Topliss-reactive ketones (excluding diaryl/α,β-unsaturated/α-hetero) is 1. The van der Waals surface area contributed by atoms with E-state index in [9.17, 15) is 29.0 Å². The Hall–Kier alpha value is -3.43. The van der Waals surface area contributed by atoms with Crippen molar-refractivity contribution >= 4 is 35.3 Å². The Balaban J connectivity index is 1.47. The van der Waals surface area contributed by atoms with Crippen LogP contribution in [0.2, 0.25) is 5.02 Å². The minimum atomic E-state index is -1.20. The van der Waals surface area contributed by atoms with Gasteiger partial charge in [0.1, 0.15) is 23.4 Å². The number of hydrogen-bond donors (Lipinski definition) is 2. The smallest absolute Gasteiger partial charge is 0.326 e. The van der Waals surface area contributed by atoms with E-state index in [0.29, 0.717) is 0 Å². The van der Waals surface area contributed by atoms with Gasteiger partial charge in [0.05, 0.1) is 16.7 Å². The van der Waals surface area contributed by atoms with Crippen LogP contribution in [0.25, 0.3) is 6.08 Å². The Bertz CT molecular complexity index is 1130. The summed E-state index contributed by atoms with van der Waals surface area (Å²) in [5.74, 6) is -2.60. The lowest BCUT2D eigenvalue weighted by Gasteiger charge is -2.21. The second-order valence-corrected chi connectivity index (χ2v) is 7.72. The molecule has 2 aromatic carbocycles. The molecular formula is C22H17ClFNO7. The summed E-state index contributed by atoms with van der Waals surface area (Å²) in [6.07, 6.45) is 0.263. The number of aliphatic hydroxyl groups excluding tert-OH is 1. The Morgan fingerprint density at radius 2 is 2.09 bits per heavy atom. The van der Waals surface area contributed by atoms with E-state index in [2.05, 4.69) is 0 Å². The topological polar surface area (TPSA) is 113 Å². The molecule has 2 aromatic rings. The third-order valence-corrected chi connectivity index (χ3v) is 5.49. The number of hydrogen-bond acceptors (Lipinski definition) is 6. The molecule has 2 aliphatic rings. The summed E-state index contributed by atoms with van der Waals surface area (Å²) in [4.78, 5) is 37.3. The molecule has 1 amide bonds. The van der Waals surface area contributed by atoms with Crippen LogP contribution < -0.4 is 9.47 Å². The summed E-state index contributed by atoms with van der Waals surface area (Å²) in [6, 6.07) is 7.33. The number of likely N-dealkylation sites (tertiary alicyclic amines) is 1. The average molecular weight is 462 g/mol. The van der Waals surface area contributed by atoms with Gasteiger partial charge in [0.2, 0.25) is 5.78 Å². The van der Waals surface area contributed by atoms with Crippen LogP contribution in [0.3, 0.4) is 0 Å². The molecule has 4 rings (SSSR count). The van der Waals surface area contributed by atoms with Crippen molar-refractivity contribution in [3.63, 3.8) is 0 Å². The number of carboxylic acids is 1. The summed E-state index contributed by atoms with van der Waals surface area (Å²) in [7, 11) is 0. The van der Waals surface area contributed by atoms with Crippen LogP contribution in [0, 0.1) is 5.82 Å². The second-order valence-electron chi connectivity index (χ2n) is 7.31. The lowest BCUT2D eigenvalue weighted by Crippen LogP contribution is -2.42. The second kappa shape index (κ2) is 8.60. The molecule has 2 unspecified atom stereocenters. The fraction of sp³-hybridized carbons (Fsp3) is 0.227. The molecule has 32 heavy (non-hydrogen) atoms. The van der Waals surface area contributed by atoms with Crippen LogP contribution in [0.15, 0.2) is 42.2 Å². The van der Waals surface area contributed by atoms with Gasteiger partial charge in [-0.2, -0.15) is 0 Å². The number of nitrogens with zero attached hydrogens (tertiary/aromatic N) is 1. The van der Waals surface area contributed by atoms with E-state index in [4.69, 9.17) is 21.1 Å². The fourth-order valence-electron chi connectivity index (χ4n) is 3.59. The van der Waals surface area contributed by atoms with E-state index in [0.717, 1.165) is 4.90 Å². The van der Waals surface area contributed by atoms with Gasteiger partial charge in [-0.15, -0.1) is 0 Å². The van der Waals surface area contributed by atoms with Crippen LogP contribution in [-0.2, 0) is 9.59 Å². The lowest BCUT2D eigenvalue weighted by molar-refractivity contribution is -0.148. The molecule has 10 heteroatoms. The zero-order chi connectivity index (χ0) is 23.0. The maximum absolute atomic E-state index is 14.0. The van der Waals surface area contributed by atoms with Crippen LogP contribution >= 0.6 is 11.6 Å². The molecule has 0 saturated carbocycles. The van der Waals surface area contributed by atoms with Crippen molar-refractivity contribution in [2.45, 2.75) is 18.6 Å². The van der Waals surface area contributed by atoms with Crippen LogP contribution in [-0.4, -0.2) is 58.1 Å². The van der Waals surface area contributed by atoms with Gasteiger partial charge in [0, 0.05) is 24.6 Å². The van der Waals surface area contributed by atoms with Crippen molar-refractivity contribution in [3.8, 4) is 11.5 Å². The molecule has 0 radical (unpaired) electrons. The maximum atomic E-state index is 14.0. The number of aliphatic hydroxyl groups is 1. The predicted octanol–water partition coefficient (Wildman–Crippen LogP) is 2.52. The maximum Gasteiger partial charge on any atom is 0.326 e. The Morgan fingerprint density at radius 3 is 2.81 bits per heavy atom. The standard InChI is InChI=1S/C22H17ClFNO7/c23-15-2-1-3-16(24)14(15)8-19-21(28)13-5-4-12(7-18(13)32-19)31-10-20(27)25-9-11(26)6-17(25)22(29)30/h1-5,7-8,11,17,26H,6,9-10H2,(H,29,30). The zero-order valence-corrected chi connectivity index (χ0v) is 17.2. The number of allylic oxidation sites excluding steroid dienone is 1. The quantitative estimate of drug-likeness (QED) is 0.658. The van der Waals surface area contributed by atoms with Gasteiger partial charge in [0.25, 0.3) is 5.91 Å². The molecule has 2 heterocycles. The average Bonchev–Trinajstić information content (AvgIpc) is 3.29. The van der Waals surface area contributed by atoms with Crippen molar-refractivity contribution in [2.24, 2.45) is 0 Å². The Morgan fingerprint density at radius 1 is 1.31 bits per heavy atom. The molecule has 0 spiro atoms. The molecule has 8 nitrogen and oxygen atoms in total. The number of benzene rings is 2. The monoisotopic (exact) mass is 461 g/mol. The first kappa shape index (κ1) is 21.8. The molecular weight excluding hydrogens is 445 g/mol. The number of β-amino-alcohol motifs (C(OH)–C–C–N with tert-alkyl or cyclic N) is 1. The Kier molecular flexibility index (Phi) is 5.86. The first-order valence-electron chi connectivity index (χ1n) is 9.60. The number of carboxylic acid groups (broad SMARTS) is 1. The summed E-state index contributed by atoms with van der Waals surface area (Å²) in [5, 5.41) is 19.0. The van der Waals surface area contributed by atoms with Crippen LogP contribution in [0.5, 0.6) is 11.5 Å². The number of amides is 1. The van der Waals surface area contributed by atoms with E-state index < -0.39 is 42.2 Å². The van der Waals surface area contributed by atoms with E-state index in [1.807, 2.05) is 0 Å². The summed E-state index contributed by atoms with van der Waals surface area (Å²) in [5.41, 5.74) is 0.254. The van der Waals surface area contributed by atoms with Gasteiger partial charge >= 0.3 is 5.97 Å². The molecule has 166 valence electrons. The highest BCUT2D eigenvalue weighted by atomic mass is 35.5. The van der Waals surface area contributed by atoms with Crippen LogP contribution in [0.4, 0.5) is 4.39 Å². The number of fused-ring (bicyclic) bond motifs is 1. The third kappa shape index (κ3) is 4.17. The van der Waals surface area contributed by atoms with Gasteiger partial charge in [-0.05, 0) is 30.3 Å². The number of carbonyl (C=O) groups excluding carboxylic acids is 2. The van der Waals surface area contributed by atoms with Crippen molar-refractivity contribution in [2.75, 3.05) is 13.2 Å². The Labute approximate surface area is 186 Å². The molecule has 2 N–H and O–H groups in total. The highest BCUT2D eigenvalue weighted by Gasteiger charge is 2.39. The largest absolute Gasteiger partial charge is 0.484 e. The van der Waals surface area contributed by atoms with Gasteiger partial charge in [-0.25, -0.2) is 9.18 Å². The highest BCUT2D eigenvalue weighted by molar-refractivity contribution is 6.32. The summed E-state index contributed by atoms with van der Waals surface area (Å²) in [6.45, 7) is -0.551. The van der Waals surface area contributed by atoms with E-state index in [1.54, 1.807) is 0 Å². The zero-order valence-electron chi connectivity index (χ0n) is 16.5. The normalized spacial score (nSPS) is 20.9. The minimum Gasteiger partial charge on any atom is -0.484 e. The third-order valence-electron chi connectivity index (χ3n) is 5.16. The van der Waals surface area contributed by atoms with Gasteiger partial charge in [-0.1, -0.05) is 17.7 Å². The summed E-state index contributed by atoms with van der Waals surface area (Å²) < 4.78 is 25.0. The SMILES string of the molecule is O=C1C(=Cc2c(F)cccc2Cl)Oc2cc(OCC(=O)N3CC(O)CC3C(=O)O)ccc21. The fourth-order valence-corrected chi connectivity index (χ4v) is 3.81. The van der Waals surface area contributed by atoms with E-state index >= 15 is 0 Å². The number of carbonyl (C=O) groups is 3. The molecule has 0 aromatic heterocycles. The van der Waals surface area contributed by atoms with Gasteiger partial charge in [-0.3, -0.25) is 9.59 Å². The van der Waals surface area contributed by atoms with Crippen molar-refractivity contribution in [3.05, 3.63) is 64.1 Å². The summed E-state index contributed by atoms with van der Waals surface area (Å²) >= 11 is 6.00. The van der Waals surface area contributed by atoms with Crippen molar-refractivity contribution in [1.29, 1.82) is 0 Å². The van der Waals surface area contributed by atoms with E-state index in [1.165, 1.54) is 42.5 Å². The van der Waals surface area contributed by atoms with Crippen LogP contribution in [0.1, 0.15) is 22.3 Å². The van der Waals surface area contributed by atoms with Gasteiger partial charge in [0.15, 0.2) is 12.4 Å². The lowest BCUT2D eigenvalue weighted by atomic mass is 10.1. The van der Waals surface area contributed by atoms with Crippen molar-refractivity contribution in [1.82, 2.24) is 4.90 Å². The molecule has 1 fully saturated rings. The molecule has 2 aliphatic heterocycles. The highest BCUT2D eigenvalue weighted by Crippen LogP contribution is 2.36.